The van der Waals surface area contributed by atoms with E-state index in [-0.39, 0.29) is 19.6 Å². The van der Waals surface area contributed by atoms with E-state index in [0.29, 0.717) is 5.69 Å². The molecule has 0 N–H and O–H groups in total. The average Bonchev–Trinajstić information content (AvgIpc) is 2.39. The first-order valence-electron chi connectivity index (χ1n) is 6.09. The van der Waals surface area contributed by atoms with E-state index in [1.807, 2.05) is 6.07 Å². The summed E-state index contributed by atoms with van der Waals surface area (Å²) in [6.45, 7) is 1.73. The highest BCUT2D eigenvalue weighted by molar-refractivity contribution is 7.93. The Hall–Kier alpha value is -2.07. The standard InChI is InChI=1S/C13H16N2O4S/c1-2-19-13(16)11-20(17,18)15(10-6-9-14)12-7-4-3-5-8-12/h3-5,7-8H,2,6,10-11H2,1H3. The van der Waals surface area contributed by atoms with Crippen molar-refractivity contribution in [2.24, 2.45) is 0 Å². The fourth-order valence-electron chi connectivity index (χ4n) is 1.60. The van der Waals surface area contributed by atoms with Crippen LogP contribution in [0.5, 0.6) is 0 Å². The molecule has 0 aliphatic carbocycles. The Morgan fingerprint density at radius 3 is 2.55 bits per heavy atom. The van der Waals surface area contributed by atoms with Crippen LogP contribution in [-0.4, -0.2) is 33.3 Å². The predicted molar refractivity (Wildman–Crippen MR) is 74.4 cm³/mol. The number of nitrogens with zero attached hydrogens (tertiary/aromatic N) is 2. The molecule has 1 aromatic carbocycles. The molecule has 7 heteroatoms. The van der Waals surface area contributed by atoms with Gasteiger partial charge in [-0.1, -0.05) is 18.2 Å². The van der Waals surface area contributed by atoms with Gasteiger partial charge in [-0.05, 0) is 19.1 Å². The summed E-state index contributed by atoms with van der Waals surface area (Å²) in [5, 5.41) is 8.63. The maximum atomic E-state index is 12.2. The van der Waals surface area contributed by atoms with Gasteiger partial charge in [0.1, 0.15) is 0 Å². The van der Waals surface area contributed by atoms with Crippen LogP contribution in [0.15, 0.2) is 30.3 Å². The molecular formula is C13H16N2O4S. The Morgan fingerprint density at radius 2 is 2.00 bits per heavy atom. The molecule has 0 unspecified atom stereocenters. The Morgan fingerprint density at radius 1 is 1.35 bits per heavy atom. The lowest BCUT2D eigenvalue weighted by Gasteiger charge is -2.22. The van der Waals surface area contributed by atoms with Crippen molar-refractivity contribution in [1.82, 2.24) is 0 Å². The van der Waals surface area contributed by atoms with Crippen molar-refractivity contribution in [3.63, 3.8) is 0 Å². The molecule has 0 spiro atoms. The van der Waals surface area contributed by atoms with Crippen LogP contribution in [0.25, 0.3) is 0 Å². The van der Waals surface area contributed by atoms with E-state index in [4.69, 9.17) is 5.26 Å². The van der Waals surface area contributed by atoms with Gasteiger partial charge < -0.3 is 4.74 Å². The summed E-state index contributed by atoms with van der Waals surface area (Å²) in [7, 11) is -3.86. The van der Waals surface area contributed by atoms with Crippen molar-refractivity contribution in [2.45, 2.75) is 13.3 Å². The summed E-state index contributed by atoms with van der Waals surface area (Å²) in [6, 6.07) is 10.3. The Bertz CT molecular complexity index is 578. The molecular weight excluding hydrogens is 280 g/mol. The van der Waals surface area contributed by atoms with Crippen LogP contribution in [0.3, 0.4) is 0 Å². The molecule has 0 radical (unpaired) electrons. The molecule has 108 valence electrons. The molecule has 0 aliphatic heterocycles. The van der Waals surface area contributed by atoms with E-state index in [0.717, 1.165) is 4.31 Å². The third-order valence-corrected chi connectivity index (χ3v) is 4.08. The molecule has 6 nitrogen and oxygen atoms in total. The van der Waals surface area contributed by atoms with Crippen molar-refractivity contribution >= 4 is 21.7 Å². The highest BCUT2D eigenvalue weighted by Crippen LogP contribution is 2.18. The molecule has 0 aromatic heterocycles. The molecule has 0 amide bonds. The third-order valence-electron chi connectivity index (χ3n) is 2.41. The highest BCUT2D eigenvalue weighted by atomic mass is 32.2. The molecule has 0 fully saturated rings. The summed E-state index contributed by atoms with van der Waals surface area (Å²) in [4.78, 5) is 11.4. The first-order valence-corrected chi connectivity index (χ1v) is 7.70. The number of benzene rings is 1. The van der Waals surface area contributed by atoms with Crippen LogP contribution < -0.4 is 4.31 Å². The van der Waals surface area contributed by atoms with Crippen molar-refractivity contribution < 1.29 is 17.9 Å². The molecule has 0 heterocycles. The smallest absolute Gasteiger partial charge is 0.323 e. The fourth-order valence-corrected chi connectivity index (χ4v) is 2.95. The Labute approximate surface area is 118 Å². The molecule has 0 saturated heterocycles. The lowest BCUT2D eigenvalue weighted by atomic mass is 10.3. The third kappa shape index (κ3) is 4.55. The zero-order valence-corrected chi connectivity index (χ0v) is 12.0. The first-order chi connectivity index (χ1) is 9.51. The van der Waals surface area contributed by atoms with Crippen molar-refractivity contribution in [3.8, 4) is 6.07 Å². The van der Waals surface area contributed by atoms with Crippen LogP contribution in [0.4, 0.5) is 5.69 Å². The normalized spacial score (nSPS) is 10.6. The van der Waals surface area contributed by atoms with Gasteiger partial charge in [-0.3, -0.25) is 9.10 Å². The number of ether oxygens (including phenoxy) is 1. The fraction of sp³-hybridized carbons (Fsp3) is 0.385. The van der Waals surface area contributed by atoms with E-state index in [1.165, 1.54) is 0 Å². The Kier molecular flexibility index (Phi) is 6.00. The van der Waals surface area contributed by atoms with Crippen LogP contribution in [0.2, 0.25) is 0 Å². The summed E-state index contributed by atoms with van der Waals surface area (Å²) in [6.07, 6.45) is 0.0386. The van der Waals surface area contributed by atoms with Crippen molar-refractivity contribution in [2.75, 3.05) is 23.2 Å². The summed E-state index contributed by atoms with van der Waals surface area (Å²) in [5.41, 5.74) is 0.423. The summed E-state index contributed by atoms with van der Waals surface area (Å²) >= 11 is 0. The second-order valence-corrected chi connectivity index (χ2v) is 5.77. The van der Waals surface area contributed by atoms with Gasteiger partial charge in [0.05, 0.1) is 24.8 Å². The number of esters is 1. The lowest BCUT2D eigenvalue weighted by molar-refractivity contribution is -0.139. The molecule has 20 heavy (non-hydrogen) atoms. The first kappa shape index (κ1) is 16.0. The van der Waals surface area contributed by atoms with Gasteiger partial charge in [-0.15, -0.1) is 0 Å². The van der Waals surface area contributed by atoms with Gasteiger partial charge in [-0.25, -0.2) is 8.42 Å². The van der Waals surface area contributed by atoms with Crippen molar-refractivity contribution in [1.29, 1.82) is 5.26 Å². The largest absolute Gasteiger partial charge is 0.465 e. The number of anilines is 1. The van der Waals surface area contributed by atoms with Gasteiger partial charge in [-0.2, -0.15) is 5.26 Å². The van der Waals surface area contributed by atoms with E-state index in [1.54, 1.807) is 37.3 Å². The van der Waals surface area contributed by atoms with E-state index >= 15 is 0 Å². The minimum atomic E-state index is -3.86. The number of carbonyl (C=O) groups is 1. The van der Waals surface area contributed by atoms with E-state index in [2.05, 4.69) is 4.74 Å². The topological polar surface area (TPSA) is 87.5 Å². The predicted octanol–water partition coefficient (Wildman–Crippen LogP) is 1.30. The van der Waals surface area contributed by atoms with Crippen LogP contribution >= 0.6 is 0 Å². The second kappa shape index (κ2) is 7.50. The zero-order valence-electron chi connectivity index (χ0n) is 11.2. The Balaban J connectivity index is 2.98. The highest BCUT2D eigenvalue weighted by Gasteiger charge is 2.26. The number of nitriles is 1. The van der Waals surface area contributed by atoms with Gasteiger partial charge in [0.25, 0.3) is 0 Å². The monoisotopic (exact) mass is 296 g/mol. The number of rotatable bonds is 7. The average molecular weight is 296 g/mol. The van der Waals surface area contributed by atoms with Gasteiger partial charge in [0.2, 0.25) is 10.0 Å². The molecule has 0 saturated carbocycles. The maximum absolute atomic E-state index is 12.2. The van der Waals surface area contributed by atoms with Gasteiger partial charge in [0.15, 0.2) is 5.75 Å². The number of sulfonamides is 1. The summed E-state index contributed by atoms with van der Waals surface area (Å²) in [5.74, 6) is -1.54. The summed E-state index contributed by atoms with van der Waals surface area (Å²) < 4.78 is 30.2. The van der Waals surface area contributed by atoms with Crippen LogP contribution in [0, 0.1) is 11.3 Å². The minimum absolute atomic E-state index is 0.00223. The molecule has 0 atom stereocenters. The van der Waals surface area contributed by atoms with Gasteiger partial charge >= 0.3 is 5.97 Å². The van der Waals surface area contributed by atoms with Crippen molar-refractivity contribution in [3.05, 3.63) is 30.3 Å². The van der Waals surface area contributed by atoms with Crippen LogP contribution in [-0.2, 0) is 19.6 Å². The zero-order chi connectivity index (χ0) is 15.0. The number of hydrogen-bond acceptors (Lipinski definition) is 5. The van der Waals surface area contributed by atoms with Crippen LogP contribution in [0.1, 0.15) is 13.3 Å². The number of hydrogen-bond donors (Lipinski definition) is 0. The maximum Gasteiger partial charge on any atom is 0.323 e. The molecule has 1 aromatic rings. The minimum Gasteiger partial charge on any atom is -0.465 e. The second-order valence-electron chi connectivity index (χ2n) is 3.88. The van der Waals surface area contributed by atoms with E-state index in [9.17, 15) is 13.2 Å². The van der Waals surface area contributed by atoms with E-state index < -0.39 is 21.7 Å². The van der Waals surface area contributed by atoms with Gasteiger partial charge in [0, 0.05) is 6.54 Å². The molecule has 0 aliphatic rings. The lowest BCUT2D eigenvalue weighted by Crippen LogP contribution is -2.36. The number of carbonyl (C=O) groups excluding carboxylic acids is 1. The molecule has 1 rings (SSSR count). The SMILES string of the molecule is CCOC(=O)CS(=O)(=O)N(CCC#N)c1ccccc1. The quantitative estimate of drug-likeness (QED) is 0.708. The number of para-hydroxylation sites is 1. The molecule has 0 bridgehead atoms.